The molecular formula is C16H14N2O4S. The molecule has 0 aliphatic heterocycles. The van der Waals surface area contributed by atoms with Crippen LogP contribution in [-0.4, -0.2) is 21.3 Å². The van der Waals surface area contributed by atoms with Gasteiger partial charge in [-0.3, -0.25) is 14.9 Å². The van der Waals surface area contributed by atoms with Crippen LogP contribution in [0, 0.1) is 10.1 Å². The average Bonchev–Trinajstić information content (AvgIpc) is 2.53. The Morgan fingerprint density at radius 3 is 2.39 bits per heavy atom. The Bertz CT molecular complexity index is 882. The van der Waals surface area contributed by atoms with E-state index in [2.05, 4.69) is 4.36 Å². The first-order valence-electron chi connectivity index (χ1n) is 6.63. The molecule has 1 amide bonds. The van der Waals surface area contributed by atoms with Crippen LogP contribution in [0.4, 0.5) is 5.69 Å². The standard InChI is InChI=1S/C16H14N2O4S/c1-23(22,14-8-3-2-4-9-14)17-16(19)12-11-13-7-5-6-10-15(13)18(20)21/h2-12H,1H3/b12-11+. The van der Waals surface area contributed by atoms with Gasteiger partial charge in [-0.25, -0.2) is 4.21 Å². The topological polar surface area (TPSA) is 89.6 Å². The minimum Gasteiger partial charge on any atom is -0.267 e. The minimum atomic E-state index is -2.85. The summed E-state index contributed by atoms with van der Waals surface area (Å²) in [5.41, 5.74) is 0.167. The number of amides is 1. The molecule has 0 radical (unpaired) electrons. The minimum absolute atomic E-state index is 0.114. The first kappa shape index (κ1) is 16.6. The molecule has 0 heterocycles. The largest absolute Gasteiger partial charge is 0.278 e. The van der Waals surface area contributed by atoms with E-state index in [1.54, 1.807) is 36.4 Å². The van der Waals surface area contributed by atoms with Crippen LogP contribution < -0.4 is 0 Å². The van der Waals surface area contributed by atoms with E-state index < -0.39 is 20.6 Å². The third-order valence-electron chi connectivity index (χ3n) is 2.98. The van der Waals surface area contributed by atoms with Crippen molar-refractivity contribution in [3.63, 3.8) is 0 Å². The number of carbonyl (C=O) groups excluding carboxylic acids is 1. The van der Waals surface area contributed by atoms with Crippen molar-refractivity contribution in [1.82, 2.24) is 0 Å². The number of nitro benzene ring substituents is 1. The Labute approximate surface area is 133 Å². The fourth-order valence-electron chi connectivity index (χ4n) is 1.88. The summed E-state index contributed by atoms with van der Waals surface area (Å²) >= 11 is 0. The highest BCUT2D eigenvalue weighted by molar-refractivity contribution is 7.93. The second-order valence-electron chi connectivity index (χ2n) is 4.69. The number of hydrogen-bond acceptors (Lipinski definition) is 4. The Hall–Kier alpha value is -2.80. The summed E-state index contributed by atoms with van der Waals surface area (Å²) in [5.74, 6) is -0.709. The smallest absolute Gasteiger partial charge is 0.267 e. The predicted molar refractivity (Wildman–Crippen MR) is 88.3 cm³/mol. The van der Waals surface area contributed by atoms with Crippen LogP contribution in [0.2, 0.25) is 0 Å². The molecule has 2 aromatic rings. The molecule has 2 aromatic carbocycles. The third-order valence-corrected chi connectivity index (χ3v) is 4.66. The lowest BCUT2D eigenvalue weighted by Gasteiger charge is -2.02. The Morgan fingerprint density at radius 2 is 1.74 bits per heavy atom. The fraction of sp³-hybridized carbons (Fsp3) is 0.0625. The number of rotatable bonds is 4. The maximum Gasteiger partial charge on any atom is 0.278 e. The fourth-order valence-corrected chi connectivity index (χ4v) is 3.06. The van der Waals surface area contributed by atoms with E-state index in [0.717, 1.165) is 6.08 Å². The second-order valence-corrected chi connectivity index (χ2v) is 6.95. The average molecular weight is 330 g/mol. The van der Waals surface area contributed by atoms with E-state index in [4.69, 9.17) is 0 Å². The molecule has 6 nitrogen and oxygen atoms in total. The van der Waals surface area contributed by atoms with Gasteiger partial charge in [0.2, 0.25) is 0 Å². The molecule has 0 N–H and O–H groups in total. The highest BCUT2D eigenvalue weighted by Crippen LogP contribution is 2.19. The van der Waals surface area contributed by atoms with Gasteiger partial charge in [-0.1, -0.05) is 30.3 Å². The predicted octanol–water partition coefficient (Wildman–Crippen LogP) is 3.29. The lowest BCUT2D eigenvalue weighted by Crippen LogP contribution is -2.01. The summed E-state index contributed by atoms with van der Waals surface area (Å²) in [6.07, 6.45) is 3.75. The first-order chi connectivity index (χ1) is 10.9. The van der Waals surface area contributed by atoms with Gasteiger partial charge in [0, 0.05) is 23.3 Å². The van der Waals surface area contributed by atoms with Crippen LogP contribution >= 0.6 is 0 Å². The Morgan fingerprint density at radius 1 is 1.13 bits per heavy atom. The van der Waals surface area contributed by atoms with Crippen LogP contribution in [0.15, 0.2) is 69.9 Å². The molecule has 23 heavy (non-hydrogen) atoms. The van der Waals surface area contributed by atoms with E-state index >= 15 is 0 Å². The molecule has 2 rings (SSSR count). The van der Waals surface area contributed by atoms with E-state index in [-0.39, 0.29) is 11.3 Å². The van der Waals surface area contributed by atoms with Crippen molar-refractivity contribution in [3.05, 3.63) is 76.4 Å². The van der Waals surface area contributed by atoms with Crippen LogP contribution in [0.5, 0.6) is 0 Å². The van der Waals surface area contributed by atoms with Crippen molar-refractivity contribution in [2.75, 3.05) is 6.26 Å². The number of nitrogens with zero attached hydrogens (tertiary/aromatic N) is 2. The lowest BCUT2D eigenvalue weighted by molar-refractivity contribution is -0.385. The zero-order chi connectivity index (χ0) is 16.9. The molecule has 0 saturated heterocycles. The molecule has 118 valence electrons. The molecule has 0 aliphatic rings. The van der Waals surface area contributed by atoms with Crippen LogP contribution in [-0.2, 0) is 14.5 Å². The summed E-state index contributed by atoms with van der Waals surface area (Å²) in [5, 5.41) is 10.9. The van der Waals surface area contributed by atoms with E-state index in [1.807, 2.05) is 0 Å². The summed E-state index contributed by atoms with van der Waals surface area (Å²) < 4.78 is 16.2. The molecule has 0 aliphatic carbocycles. The quantitative estimate of drug-likeness (QED) is 0.489. The van der Waals surface area contributed by atoms with Crippen molar-refractivity contribution in [2.24, 2.45) is 4.36 Å². The molecule has 7 heteroatoms. The Kier molecular flexibility index (Phi) is 5.02. The SMILES string of the molecule is CS(=O)(=NC(=O)/C=C/c1ccccc1[N+](=O)[O-])c1ccccc1. The molecular weight excluding hydrogens is 316 g/mol. The van der Waals surface area contributed by atoms with Crippen molar-refractivity contribution >= 4 is 27.4 Å². The van der Waals surface area contributed by atoms with Crippen LogP contribution in [0.1, 0.15) is 5.56 Å². The zero-order valence-electron chi connectivity index (χ0n) is 12.3. The van der Waals surface area contributed by atoms with E-state index in [9.17, 15) is 19.1 Å². The molecule has 0 fully saturated rings. The lowest BCUT2D eigenvalue weighted by atomic mass is 10.1. The summed E-state index contributed by atoms with van der Waals surface area (Å²) in [4.78, 5) is 22.7. The maximum absolute atomic E-state index is 12.5. The molecule has 0 saturated carbocycles. The third kappa shape index (κ3) is 4.33. The van der Waals surface area contributed by atoms with Gasteiger partial charge in [0.15, 0.2) is 0 Å². The van der Waals surface area contributed by atoms with Crippen molar-refractivity contribution in [1.29, 1.82) is 0 Å². The summed E-state index contributed by atoms with van der Waals surface area (Å²) in [6, 6.07) is 14.5. The van der Waals surface area contributed by atoms with Gasteiger partial charge in [-0.05, 0) is 24.3 Å². The van der Waals surface area contributed by atoms with Gasteiger partial charge in [-0.15, -0.1) is 0 Å². The van der Waals surface area contributed by atoms with Gasteiger partial charge in [0.05, 0.1) is 20.2 Å². The number of benzene rings is 2. The number of nitro groups is 1. The van der Waals surface area contributed by atoms with Gasteiger partial charge in [0.1, 0.15) is 0 Å². The Balaban J connectivity index is 2.28. The monoisotopic (exact) mass is 330 g/mol. The summed E-state index contributed by atoms with van der Waals surface area (Å²) in [6.45, 7) is 0. The zero-order valence-corrected chi connectivity index (χ0v) is 13.1. The van der Waals surface area contributed by atoms with Crippen molar-refractivity contribution < 1.29 is 13.9 Å². The van der Waals surface area contributed by atoms with Gasteiger partial charge in [-0.2, -0.15) is 4.36 Å². The normalized spacial score (nSPS) is 13.4. The van der Waals surface area contributed by atoms with E-state index in [1.165, 1.54) is 30.5 Å². The molecule has 1 atom stereocenters. The maximum atomic E-state index is 12.5. The number of hydrogen-bond donors (Lipinski definition) is 0. The van der Waals surface area contributed by atoms with Crippen molar-refractivity contribution in [3.8, 4) is 0 Å². The van der Waals surface area contributed by atoms with Gasteiger partial charge >= 0.3 is 0 Å². The van der Waals surface area contributed by atoms with Gasteiger partial charge < -0.3 is 0 Å². The van der Waals surface area contributed by atoms with Gasteiger partial charge in [0.25, 0.3) is 11.6 Å². The van der Waals surface area contributed by atoms with Crippen LogP contribution in [0.25, 0.3) is 6.08 Å². The highest BCUT2D eigenvalue weighted by atomic mass is 32.2. The molecule has 0 aromatic heterocycles. The second kappa shape index (κ2) is 6.97. The van der Waals surface area contributed by atoms with Crippen LogP contribution in [0.3, 0.4) is 0 Å². The number of carbonyl (C=O) groups is 1. The highest BCUT2D eigenvalue weighted by Gasteiger charge is 2.11. The molecule has 1 unspecified atom stereocenters. The first-order valence-corrected chi connectivity index (χ1v) is 8.55. The van der Waals surface area contributed by atoms with Crippen molar-refractivity contribution in [2.45, 2.75) is 4.90 Å². The van der Waals surface area contributed by atoms with E-state index in [0.29, 0.717) is 4.90 Å². The molecule has 0 bridgehead atoms. The molecule has 0 spiro atoms. The number of para-hydroxylation sites is 1. The summed E-state index contributed by atoms with van der Waals surface area (Å²) in [7, 11) is -2.85.